The lowest BCUT2D eigenvalue weighted by Crippen LogP contribution is -2.44. The molecule has 4 heterocycles. The summed E-state index contributed by atoms with van der Waals surface area (Å²) in [7, 11) is 0. The van der Waals surface area contributed by atoms with E-state index in [1.54, 1.807) is 0 Å². The Morgan fingerprint density at radius 3 is 2.88 bits per heavy atom. The minimum atomic E-state index is -0.906. The summed E-state index contributed by atoms with van der Waals surface area (Å²) >= 11 is 0. The predicted molar refractivity (Wildman–Crippen MR) is 163 cm³/mol. The second kappa shape index (κ2) is 13.2. The Kier molecular flexibility index (Phi) is 9.48. The van der Waals surface area contributed by atoms with Crippen LogP contribution in [0.1, 0.15) is 81.7 Å². The number of hydrogen-bond acceptors (Lipinski definition) is 6. The van der Waals surface area contributed by atoms with Crippen LogP contribution in [0.25, 0.3) is 0 Å². The Hall–Kier alpha value is -3.13. The highest BCUT2D eigenvalue weighted by Crippen LogP contribution is 2.33. The number of benzene rings is 1. The van der Waals surface area contributed by atoms with Crippen molar-refractivity contribution < 1.29 is 14.7 Å². The molecular formula is C33H47N5O3. The molecule has 0 bridgehead atoms. The largest absolute Gasteiger partial charge is 0.481 e. The summed E-state index contributed by atoms with van der Waals surface area (Å²) in [5.74, 6) is -0.0224. The Balaban J connectivity index is 1.17. The summed E-state index contributed by atoms with van der Waals surface area (Å²) in [5.41, 5.74) is 4.66. The van der Waals surface area contributed by atoms with Gasteiger partial charge in [-0.25, -0.2) is 4.98 Å². The molecule has 0 aliphatic carbocycles. The number of likely N-dealkylation sites (tertiary alicyclic amines) is 1. The van der Waals surface area contributed by atoms with Gasteiger partial charge in [-0.2, -0.15) is 0 Å². The molecule has 5 rings (SSSR count). The number of carbonyl (C=O) groups is 2. The fraction of sp³-hybridized carbons (Fsp3) is 0.606. The maximum absolute atomic E-state index is 13.5. The number of carbonyl (C=O) groups excluding carboxylic acids is 1. The van der Waals surface area contributed by atoms with Crippen LogP contribution in [-0.2, 0) is 22.4 Å². The van der Waals surface area contributed by atoms with Gasteiger partial charge in [0.2, 0.25) is 5.91 Å². The van der Waals surface area contributed by atoms with E-state index in [9.17, 15) is 14.7 Å². The molecule has 2 aromatic rings. The van der Waals surface area contributed by atoms with Gasteiger partial charge in [-0.3, -0.25) is 9.59 Å². The maximum Gasteiger partial charge on any atom is 0.305 e. The number of nitrogens with one attached hydrogen (secondary N) is 2. The monoisotopic (exact) mass is 561 g/mol. The number of aromatic nitrogens is 1. The Labute approximate surface area is 244 Å². The second-order valence-electron chi connectivity index (χ2n) is 13.0. The SMILES string of the molecule is CC1(C)CCCN(c2cccc(C(CC(=O)O)NC(=O)[C@@H]3CCCN(CCCc4ccc5c(n4)NCCC5)C3)c2)C1. The molecule has 222 valence electrons. The average molecular weight is 562 g/mol. The molecule has 41 heavy (non-hydrogen) atoms. The number of anilines is 2. The number of aliphatic carboxylic acids is 1. The van der Waals surface area contributed by atoms with Gasteiger partial charge < -0.3 is 25.5 Å². The molecule has 2 fully saturated rings. The van der Waals surface area contributed by atoms with Gasteiger partial charge in [-0.15, -0.1) is 0 Å². The molecular weight excluding hydrogens is 514 g/mol. The van der Waals surface area contributed by atoms with Crippen LogP contribution in [0.5, 0.6) is 0 Å². The Morgan fingerprint density at radius 1 is 1.17 bits per heavy atom. The quantitative estimate of drug-likeness (QED) is 0.374. The van der Waals surface area contributed by atoms with E-state index < -0.39 is 12.0 Å². The molecule has 8 heteroatoms. The van der Waals surface area contributed by atoms with E-state index in [0.29, 0.717) is 6.54 Å². The van der Waals surface area contributed by atoms with E-state index in [-0.39, 0.29) is 23.7 Å². The highest BCUT2D eigenvalue weighted by atomic mass is 16.4. The lowest BCUT2D eigenvalue weighted by molar-refractivity contribution is -0.138. The fourth-order valence-electron chi connectivity index (χ4n) is 6.76. The molecule has 3 aliphatic rings. The highest BCUT2D eigenvalue weighted by Gasteiger charge is 2.30. The molecule has 0 radical (unpaired) electrons. The molecule has 3 aliphatic heterocycles. The number of carboxylic acids is 1. The minimum Gasteiger partial charge on any atom is -0.481 e. The number of amides is 1. The second-order valence-corrected chi connectivity index (χ2v) is 13.0. The topological polar surface area (TPSA) is 97.8 Å². The van der Waals surface area contributed by atoms with Gasteiger partial charge in [-0.1, -0.05) is 32.0 Å². The smallest absolute Gasteiger partial charge is 0.305 e. The van der Waals surface area contributed by atoms with Gasteiger partial charge in [0.25, 0.3) is 0 Å². The van der Waals surface area contributed by atoms with E-state index in [1.165, 1.54) is 12.0 Å². The van der Waals surface area contributed by atoms with Gasteiger partial charge in [0.15, 0.2) is 0 Å². The molecule has 1 unspecified atom stereocenters. The molecule has 1 amide bonds. The van der Waals surface area contributed by atoms with Crippen molar-refractivity contribution in [2.75, 3.05) is 49.5 Å². The van der Waals surface area contributed by atoms with Gasteiger partial charge in [0, 0.05) is 37.6 Å². The first-order valence-electron chi connectivity index (χ1n) is 15.6. The zero-order valence-electron chi connectivity index (χ0n) is 24.8. The van der Waals surface area contributed by atoms with Crippen molar-refractivity contribution >= 4 is 23.4 Å². The van der Waals surface area contributed by atoms with Crippen molar-refractivity contribution in [3.63, 3.8) is 0 Å². The van der Waals surface area contributed by atoms with Gasteiger partial charge in [0.1, 0.15) is 5.82 Å². The first kappa shape index (κ1) is 29.4. The maximum atomic E-state index is 13.5. The number of rotatable bonds is 10. The van der Waals surface area contributed by atoms with Crippen LogP contribution in [0, 0.1) is 11.3 Å². The lowest BCUT2D eigenvalue weighted by atomic mass is 9.84. The van der Waals surface area contributed by atoms with Crippen molar-refractivity contribution in [1.29, 1.82) is 0 Å². The normalized spacial score (nSPS) is 21.4. The summed E-state index contributed by atoms with van der Waals surface area (Å²) in [6, 6.07) is 11.9. The van der Waals surface area contributed by atoms with Gasteiger partial charge >= 0.3 is 5.97 Å². The third kappa shape index (κ3) is 8.00. The van der Waals surface area contributed by atoms with Gasteiger partial charge in [-0.05, 0) is 99.2 Å². The minimum absolute atomic E-state index is 0.0344. The number of nitrogens with zero attached hydrogens (tertiary/aromatic N) is 3. The van der Waals surface area contributed by atoms with E-state index >= 15 is 0 Å². The number of fused-ring (bicyclic) bond motifs is 1. The first-order valence-corrected chi connectivity index (χ1v) is 15.6. The Bertz CT molecular complexity index is 1220. The summed E-state index contributed by atoms with van der Waals surface area (Å²) in [6.45, 7) is 10.2. The van der Waals surface area contributed by atoms with Crippen LogP contribution >= 0.6 is 0 Å². The molecule has 2 atom stereocenters. The van der Waals surface area contributed by atoms with Crippen LogP contribution < -0.4 is 15.5 Å². The zero-order valence-corrected chi connectivity index (χ0v) is 24.8. The lowest BCUT2D eigenvalue weighted by Gasteiger charge is -2.39. The summed E-state index contributed by atoms with van der Waals surface area (Å²) in [4.78, 5) is 34.9. The molecule has 3 N–H and O–H groups in total. The van der Waals surface area contributed by atoms with Crippen molar-refractivity contribution in [3.05, 3.63) is 53.2 Å². The van der Waals surface area contributed by atoms with E-state index in [0.717, 1.165) is 100 Å². The van der Waals surface area contributed by atoms with Crippen molar-refractivity contribution in [2.45, 2.75) is 77.7 Å². The molecule has 1 aromatic heterocycles. The number of aryl methyl sites for hydroxylation is 2. The predicted octanol–water partition coefficient (Wildman–Crippen LogP) is 5.04. The van der Waals surface area contributed by atoms with Crippen LogP contribution in [0.2, 0.25) is 0 Å². The van der Waals surface area contributed by atoms with Crippen LogP contribution in [0.3, 0.4) is 0 Å². The number of pyridine rings is 1. The van der Waals surface area contributed by atoms with Crippen molar-refractivity contribution in [3.8, 4) is 0 Å². The number of carboxylic acid groups (broad SMARTS) is 1. The third-order valence-electron chi connectivity index (χ3n) is 8.97. The highest BCUT2D eigenvalue weighted by molar-refractivity contribution is 5.80. The van der Waals surface area contributed by atoms with E-state index in [4.69, 9.17) is 4.98 Å². The zero-order chi connectivity index (χ0) is 28.8. The molecule has 0 spiro atoms. The van der Waals surface area contributed by atoms with E-state index in [2.05, 4.69) is 58.5 Å². The summed E-state index contributed by atoms with van der Waals surface area (Å²) < 4.78 is 0. The molecule has 2 saturated heterocycles. The molecule has 0 saturated carbocycles. The standard InChI is InChI=1S/C33H47N5O3/c1-33(2)15-7-19-38(23-33)28-12-3-8-25(20-28)29(21-30(39)40)36-32(41)26-10-5-17-37(22-26)18-6-11-27-14-13-24-9-4-16-34-31(24)35-27/h3,8,12-14,20,26,29H,4-7,9-11,15-19,21-23H2,1-2H3,(H,34,35)(H,36,41)(H,39,40)/t26-,29?/m1/s1. The fourth-order valence-corrected chi connectivity index (χ4v) is 6.76. The van der Waals surface area contributed by atoms with Crippen LogP contribution in [0.4, 0.5) is 11.5 Å². The summed E-state index contributed by atoms with van der Waals surface area (Å²) in [6.07, 6.45) is 8.23. The Morgan fingerprint density at radius 2 is 2.05 bits per heavy atom. The van der Waals surface area contributed by atoms with Gasteiger partial charge in [0.05, 0.1) is 18.4 Å². The molecule has 1 aromatic carbocycles. The molecule has 8 nitrogen and oxygen atoms in total. The van der Waals surface area contributed by atoms with Crippen LogP contribution in [0.15, 0.2) is 36.4 Å². The average Bonchev–Trinajstić information content (AvgIpc) is 2.96. The van der Waals surface area contributed by atoms with Crippen molar-refractivity contribution in [1.82, 2.24) is 15.2 Å². The number of piperidine rings is 2. The first-order chi connectivity index (χ1) is 19.8. The third-order valence-corrected chi connectivity index (χ3v) is 8.97. The number of hydrogen-bond donors (Lipinski definition) is 3. The van der Waals surface area contributed by atoms with E-state index in [1.807, 2.05) is 12.1 Å². The summed E-state index contributed by atoms with van der Waals surface area (Å²) in [5, 5.41) is 16.2. The van der Waals surface area contributed by atoms with Crippen molar-refractivity contribution in [2.24, 2.45) is 11.3 Å². The van der Waals surface area contributed by atoms with Crippen LogP contribution in [-0.4, -0.2) is 66.1 Å².